The van der Waals surface area contributed by atoms with E-state index in [0.717, 1.165) is 0 Å². The van der Waals surface area contributed by atoms with Gasteiger partial charge in [0.1, 0.15) is 12.1 Å². The Kier molecular flexibility index (Phi) is 7.89. The van der Waals surface area contributed by atoms with Gasteiger partial charge in [-0.25, -0.2) is 0 Å². The van der Waals surface area contributed by atoms with E-state index in [1.807, 2.05) is 0 Å². The van der Waals surface area contributed by atoms with Crippen molar-refractivity contribution in [1.29, 1.82) is 0 Å². The van der Waals surface area contributed by atoms with Crippen molar-refractivity contribution in [1.82, 2.24) is 16.0 Å². The molecule has 3 unspecified atom stereocenters. The number of likely N-dealkylation sites (N-methyl/N-ethyl adjacent to an activating group) is 1. The summed E-state index contributed by atoms with van der Waals surface area (Å²) >= 11 is 0. The number of rotatable bonds is 8. The van der Waals surface area contributed by atoms with Crippen molar-refractivity contribution in [3.05, 3.63) is 0 Å². The topological polar surface area (TPSA) is 128 Å². The lowest BCUT2D eigenvalue weighted by Crippen LogP contribution is -2.56. The van der Waals surface area contributed by atoms with E-state index < -0.39 is 43.2 Å². The Morgan fingerprint density at radius 1 is 1.00 bits per heavy atom. The molecule has 110 valence electrons. The predicted molar refractivity (Wildman–Crippen MR) is 67.2 cm³/mol. The van der Waals surface area contributed by atoms with Gasteiger partial charge in [0, 0.05) is 0 Å². The fourth-order valence-corrected chi connectivity index (χ4v) is 1.19. The average Bonchev–Trinajstić information content (AvgIpc) is 2.36. The number of amides is 2. The van der Waals surface area contributed by atoms with Gasteiger partial charge in [-0.3, -0.25) is 14.4 Å². The fraction of sp³-hybridized carbons (Fsp3) is 0.727. The molecule has 19 heavy (non-hydrogen) atoms. The van der Waals surface area contributed by atoms with Gasteiger partial charge in [-0.05, 0) is 20.9 Å². The molecule has 0 fully saturated rings. The first-order valence-corrected chi connectivity index (χ1v) is 5.87. The lowest BCUT2D eigenvalue weighted by molar-refractivity contribution is -0.132. The summed E-state index contributed by atoms with van der Waals surface area (Å²) in [7, 11) is 1.48. The SMILES string of the molecule is CNC(CO)C(=O)NC(CO)C(=O)NC(C)C(C)=O. The van der Waals surface area contributed by atoms with Crippen molar-refractivity contribution in [2.24, 2.45) is 0 Å². The summed E-state index contributed by atoms with van der Waals surface area (Å²) in [6.07, 6.45) is 0. The first kappa shape index (κ1) is 17.5. The minimum absolute atomic E-state index is 0.236. The van der Waals surface area contributed by atoms with E-state index in [2.05, 4.69) is 16.0 Å². The lowest BCUT2D eigenvalue weighted by atomic mass is 10.2. The molecule has 0 aliphatic heterocycles. The summed E-state index contributed by atoms with van der Waals surface area (Å²) in [5.74, 6) is -1.51. The van der Waals surface area contributed by atoms with E-state index >= 15 is 0 Å². The minimum Gasteiger partial charge on any atom is -0.394 e. The van der Waals surface area contributed by atoms with Crippen LogP contribution < -0.4 is 16.0 Å². The van der Waals surface area contributed by atoms with Gasteiger partial charge in [0.2, 0.25) is 11.8 Å². The van der Waals surface area contributed by atoms with Gasteiger partial charge >= 0.3 is 0 Å². The van der Waals surface area contributed by atoms with Crippen LogP contribution in [-0.2, 0) is 14.4 Å². The summed E-state index contributed by atoms with van der Waals surface area (Å²) < 4.78 is 0. The van der Waals surface area contributed by atoms with Gasteiger partial charge in [-0.1, -0.05) is 0 Å². The predicted octanol–water partition coefficient (Wildman–Crippen LogP) is -2.86. The lowest BCUT2D eigenvalue weighted by Gasteiger charge is -2.21. The highest BCUT2D eigenvalue weighted by atomic mass is 16.3. The highest BCUT2D eigenvalue weighted by molar-refractivity contribution is 5.92. The van der Waals surface area contributed by atoms with Crippen molar-refractivity contribution in [2.75, 3.05) is 20.3 Å². The molecule has 8 nitrogen and oxygen atoms in total. The van der Waals surface area contributed by atoms with Crippen LogP contribution in [0.2, 0.25) is 0 Å². The number of aliphatic hydroxyl groups is 2. The van der Waals surface area contributed by atoms with E-state index in [0.29, 0.717) is 0 Å². The summed E-state index contributed by atoms with van der Waals surface area (Å²) in [4.78, 5) is 34.3. The van der Waals surface area contributed by atoms with Crippen molar-refractivity contribution in [3.63, 3.8) is 0 Å². The van der Waals surface area contributed by atoms with E-state index in [9.17, 15) is 14.4 Å². The van der Waals surface area contributed by atoms with Crippen LogP contribution in [0.4, 0.5) is 0 Å². The van der Waals surface area contributed by atoms with E-state index in [1.54, 1.807) is 0 Å². The molecule has 0 aromatic rings. The number of hydrogen-bond donors (Lipinski definition) is 5. The van der Waals surface area contributed by atoms with Gasteiger partial charge in [0.05, 0.1) is 19.3 Å². The van der Waals surface area contributed by atoms with Crippen LogP contribution in [0.15, 0.2) is 0 Å². The number of hydrogen-bond acceptors (Lipinski definition) is 6. The molecule has 0 radical (unpaired) electrons. The Morgan fingerprint density at radius 2 is 1.47 bits per heavy atom. The van der Waals surface area contributed by atoms with Crippen molar-refractivity contribution in [3.8, 4) is 0 Å². The quantitative estimate of drug-likeness (QED) is 0.324. The second-order valence-electron chi connectivity index (χ2n) is 4.11. The highest BCUT2D eigenvalue weighted by Gasteiger charge is 2.25. The van der Waals surface area contributed by atoms with Gasteiger partial charge < -0.3 is 26.2 Å². The molecule has 0 saturated heterocycles. The molecule has 0 bridgehead atoms. The molecule has 0 heterocycles. The maximum atomic E-state index is 11.7. The summed E-state index contributed by atoms with van der Waals surface area (Å²) in [5.41, 5.74) is 0. The standard InChI is InChI=1S/C11H21N3O5/c1-6(7(2)17)13-11(19)9(5-16)14-10(18)8(4-15)12-3/h6,8-9,12,15-16H,4-5H2,1-3H3,(H,13,19)(H,14,18). The second-order valence-corrected chi connectivity index (χ2v) is 4.11. The van der Waals surface area contributed by atoms with Crippen LogP contribution in [0.5, 0.6) is 0 Å². The molecule has 3 atom stereocenters. The van der Waals surface area contributed by atoms with Crippen LogP contribution >= 0.6 is 0 Å². The molecule has 0 aliphatic carbocycles. The van der Waals surface area contributed by atoms with E-state index in [-0.39, 0.29) is 5.78 Å². The third-order valence-electron chi connectivity index (χ3n) is 2.63. The van der Waals surface area contributed by atoms with Gasteiger partial charge in [0.25, 0.3) is 0 Å². The molecule has 0 rings (SSSR count). The number of nitrogens with one attached hydrogen (secondary N) is 3. The number of aliphatic hydroxyl groups excluding tert-OH is 2. The number of carbonyl (C=O) groups excluding carboxylic acids is 3. The van der Waals surface area contributed by atoms with Crippen LogP contribution in [0.3, 0.4) is 0 Å². The van der Waals surface area contributed by atoms with E-state index in [4.69, 9.17) is 10.2 Å². The maximum absolute atomic E-state index is 11.7. The Hall–Kier alpha value is -1.51. The van der Waals surface area contributed by atoms with Crippen molar-refractivity contribution in [2.45, 2.75) is 32.0 Å². The fourth-order valence-electron chi connectivity index (χ4n) is 1.19. The van der Waals surface area contributed by atoms with Crippen molar-refractivity contribution >= 4 is 17.6 Å². The highest BCUT2D eigenvalue weighted by Crippen LogP contribution is 1.91. The molecular weight excluding hydrogens is 254 g/mol. The van der Waals surface area contributed by atoms with Crippen LogP contribution in [0.1, 0.15) is 13.8 Å². The molecule has 0 aromatic heterocycles. The zero-order valence-corrected chi connectivity index (χ0v) is 11.3. The molecule has 8 heteroatoms. The van der Waals surface area contributed by atoms with Gasteiger partial charge in [0.15, 0.2) is 5.78 Å². The number of ketones is 1. The third kappa shape index (κ3) is 5.77. The first-order chi connectivity index (χ1) is 8.87. The average molecular weight is 275 g/mol. The molecule has 0 spiro atoms. The maximum Gasteiger partial charge on any atom is 0.245 e. The van der Waals surface area contributed by atoms with Crippen molar-refractivity contribution < 1.29 is 24.6 Å². The van der Waals surface area contributed by atoms with Crippen LogP contribution in [0.25, 0.3) is 0 Å². The monoisotopic (exact) mass is 275 g/mol. The molecule has 0 aromatic carbocycles. The van der Waals surface area contributed by atoms with Crippen LogP contribution in [-0.4, -0.2) is 66.2 Å². The van der Waals surface area contributed by atoms with Gasteiger partial charge in [-0.2, -0.15) is 0 Å². The smallest absolute Gasteiger partial charge is 0.245 e. The zero-order valence-electron chi connectivity index (χ0n) is 11.3. The molecule has 0 saturated carbocycles. The Bertz CT molecular complexity index is 330. The normalized spacial score (nSPS) is 15.2. The zero-order chi connectivity index (χ0) is 15.0. The summed E-state index contributed by atoms with van der Waals surface area (Å²) in [5, 5.41) is 25.2. The molecule has 2 amide bonds. The second kappa shape index (κ2) is 8.57. The largest absolute Gasteiger partial charge is 0.394 e. The number of carbonyl (C=O) groups is 3. The summed E-state index contributed by atoms with van der Waals surface area (Å²) in [6.45, 7) is 1.77. The first-order valence-electron chi connectivity index (χ1n) is 5.87. The van der Waals surface area contributed by atoms with Gasteiger partial charge in [-0.15, -0.1) is 0 Å². The molecule has 0 aliphatic rings. The Balaban J connectivity index is 4.53. The molecular formula is C11H21N3O5. The molecule has 5 N–H and O–H groups in total. The van der Waals surface area contributed by atoms with E-state index in [1.165, 1.54) is 20.9 Å². The number of Topliss-reactive ketones (excluding diaryl/α,β-unsaturated/α-hetero) is 1. The summed E-state index contributed by atoms with van der Waals surface area (Å²) in [6, 6.07) is -2.74. The Labute approximate surface area is 111 Å². The Morgan fingerprint density at radius 3 is 1.84 bits per heavy atom. The van der Waals surface area contributed by atoms with Crippen LogP contribution in [0, 0.1) is 0 Å². The third-order valence-corrected chi connectivity index (χ3v) is 2.63. The minimum atomic E-state index is -1.17.